The maximum Gasteiger partial charge on any atom is 0.252 e. The number of hydrogen-bond donors (Lipinski definition) is 2. The molecule has 0 fully saturated rings. The molecule has 1 amide bonds. The molecule has 1 aromatic heterocycles. The number of carbonyl (C=O) groups is 1. The molecule has 0 saturated carbocycles. The molecule has 0 radical (unpaired) electrons. The highest BCUT2D eigenvalue weighted by atomic mass is 16.1. The minimum Gasteiger partial charge on any atom is -0.354 e. The molecule has 1 aliphatic rings. The van der Waals surface area contributed by atoms with Gasteiger partial charge >= 0.3 is 0 Å². The summed E-state index contributed by atoms with van der Waals surface area (Å²) in [6.45, 7) is 4.81. The fraction of sp³-hybridized carbons (Fsp3) is 0.136. The molecule has 0 unspecified atom stereocenters. The number of fused-ring (bicyclic) bond motifs is 5. The maximum atomic E-state index is 12.7. The van der Waals surface area contributed by atoms with Gasteiger partial charge in [0.1, 0.15) is 0 Å². The summed E-state index contributed by atoms with van der Waals surface area (Å²) in [7, 11) is 0. The normalized spacial score (nSPS) is 13.4. The zero-order valence-electron chi connectivity index (χ0n) is 14.2. The van der Waals surface area contributed by atoms with E-state index in [0.717, 1.165) is 38.9 Å². The first-order chi connectivity index (χ1) is 12.2. The van der Waals surface area contributed by atoms with Crippen LogP contribution >= 0.6 is 0 Å². The Morgan fingerprint density at radius 1 is 0.920 bits per heavy atom. The molecule has 3 nitrogen and oxygen atoms in total. The summed E-state index contributed by atoms with van der Waals surface area (Å²) < 4.78 is 0. The number of para-hydroxylation sites is 1. The molecule has 2 heterocycles. The van der Waals surface area contributed by atoms with E-state index in [0.29, 0.717) is 6.54 Å². The molecule has 0 aliphatic carbocycles. The van der Waals surface area contributed by atoms with Crippen LogP contribution in [0.4, 0.5) is 0 Å². The fourth-order valence-corrected chi connectivity index (χ4v) is 4.20. The van der Waals surface area contributed by atoms with Gasteiger partial charge in [0.05, 0.1) is 11.1 Å². The number of aromatic amines is 1. The lowest BCUT2D eigenvalue weighted by Gasteiger charge is -2.15. The second-order valence-electron chi connectivity index (χ2n) is 6.77. The number of amides is 1. The average Bonchev–Trinajstić information content (AvgIpc) is 3.18. The van der Waals surface area contributed by atoms with Crippen molar-refractivity contribution in [3.63, 3.8) is 0 Å². The van der Waals surface area contributed by atoms with Gasteiger partial charge < -0.3 is 10.3 Å². The molecular formula is C22H18N2O. The monoisotopic (exact) mass is 326 g/mol. The summed E-state index contributed by atoms with van der Waals surface area (Å²) in [6, 6.07) is 16.6. The standard InChI is InChI=1S/C22H18N2O/c1-12-7-3-4-8-14(12)18-13(2)21-19(16-11-23-22(25)20(16)18)15-9-5-6-10-17(15)24-21/h3-10,24H,11H2,1-2H3,(H,23,25). The molecule has 0 spiro atoms. The molecule has 0 atom stereocenters. The maximum absolute atomic E-state index is 12.7. The molecule has 25 heavy (non-hydrogen) atoms. The summed E-state index contributed by atoms with van der Waals surface area (Å²) in [6.07, 6.45) is 0. The zero-order chi connectivity index (χ0) is 17.1. The first-order valence-electron chi connectivity index (χ1n) is 8.57. The Labute approximate surface area is 145 Å². The molecular weight excluding hydrogens is 308 g/mol. The van der Waals surface area contributed by atoms with Crippen LogP contribution < -0.4 is 5.32 Å². The van der Waals surface area contributed by atoms with E-state index < -0.39 is 0 Å². The zero-order valence-corrected chi connectivity index (χ0v) is 14.2. The van der Waals surface area contributed by atoms with Crippen molar-refractivity contribution in [2.24, 2.45) is 0 Å². The summed E-state index contributed by atoms with van der Waals surface area (Å²) in [5.74, 6) is 0.0311. The number of rotatable bonds is 1. The third-order valence-corrected chi connectivity index (χ3v) is 5.38. The number of carbonyl (C=O) groups excluding carboxylic acids is 1. The molecule has 4 aromatic rings. The van der Waals surface area contributed by atoms with Crippen LogP contribution in [-0.2, 0) is 6.54 Å². The van der Waals surface area contributed by atoms with Gasteiger partial charge in [0.2, 0.25) is 0 Å². The van der Waals surface area contributed by atoms with E-state index in [1.54, 1.807) is 0 Å². The van der Waals surface area contributed by atoms with Crippen LogP contribution in [0.2, 0.25) is 0 Å². The van der Waals surface area contributed by atoms with Crippen LogP contribution in [0.15, 0.2) is 48.5 Å². The van der Waals surface area contributed by atoms with Gasteiger partial charge in [0.15, 0.2) is 0 Å². The SMILES string of the molecule is Cc1ccccc1-c1c2c(c3c([nH]c4ccccc43)c1C)CNC2=O. The van der Waals surface area contributed by atoms with Crippen molar-refractivity contribution in [2.45, 2.75) is 20.4 Å². The molecule has 0 saturated heterocycles. The van der Waals surface area contributed by atoms with Gasteiger partial charge in [-0.05, 0) is 42.2 Å². The number of aryl methyl sites for hydroxylation is 2. The Morgan fingerprint density at radius 3 is 2.52 bits per heavy atom. The second kappa shape index (κ2) is 4.96. The van der Waals surface area contributed by atoms with Gasteiger partial charge in [-0.25, -0.2) is 0 Å². The minimum atomic E-state index is 0.0311. The largest absolute Gasteiger partial charge is 0.354 e. The van der Waals surface area contributed by atoms with Crippen molar-refractivity contribution in [1.29, 1.82) is 0 Å². The predicted octanol–water partition coefficient (Wildman–Crippen LogP) is 4.85. The lowest BCUT2D eigenvalue weighted by atomic mass is 9.87. The van der Waals surface area contributed by atoms with Crippen LogP contribution in [0, 0.1) is 13.8 Å². The van der Waals surface area contributed by atoms with Crippen molar-refractivity contribution >= 4 is 27.7 Å². The Balaban J connectivity index is 2.02. The summed E-state index contributed by atoms with van der Waals surface area (Å²) in [5.41, 5.74) is 8.71. The van der Waals surface area contributed by atoms with E-state index in [1.165, 1.54) is 16.3 Å². The Bertz CT molecular complexity index is 1180. The van der Waals surface area contributed by atoms with Gasteiger partial charge in [0, 0.05) is 28.4 Å². The molecule has 1 aliphatic heterocycles. The van der Waals surface area contributed by atoms with Crippen LogP contribution in [0.3, 0.4) is 0 Å². The van der Waals surface area contributed by atoms with Gasteiger partial charge in [0.25, 0.3) is 5.91 Å². The van der Waals surface area contributed by atoms with Crippen molar-refractivity contribution < 1.29 is 4.79 Å². The van der Waals surface area contributed by atoms with Gasteiger partial charge in [-0.3, -0.25) is 4.79 Å². The topological polar surface area (TPSA) is 44.9 Å². The van der Waals surface area contributed by atoms with Crippen LogP contribution in [0.1, 0.15) is 27.0 Å². The minimum absolute atomic E-state index is 0.0311. The number of H-pyrrole nitrogens is 1. The first-order valence-corrected chi connectivity index (χ1v) is 8.57. The molecule has 122 valence electrons. The third kappa shape index (κ3) is 1.84. The smallest absolute Gasteiger partial charge is 0.252 e. The van der Waals surface area contributed by atoms with E-state index in [4.69, 9.17) is 0 Å². The van der Waals surface area contributed by atoms with Crippen LogP contribution in [-0.4, -0.2) is 10.9 Å². The Morgan fingerprint density at radius 2 is 1.68 bits per heavy atom. The average molecular weight is 326 g/mol. The van der Waals surface area contributed by atoms with Crippen molar-refractivity contribution in [3.05, 3.63) is 70.8 Å². The number of nitrogens with one attached hydrogen (secondary N) is 2. The fourth-order valence-electron chi connectivity index (χ4n) is 4.20. The number of hydrogen-bond acceptors (Lipinski definition) is 1. The first kappa shape index (κ1) is 14.3. The van der Waals surface area contributed by atoms with Gasteiger partial charge in [-0.2, -0.15) is 0 Å². The lowest BCUT2D eigenvalue weighted by molar-refractivity contribution is 0.0966. The second-order valence-corrected chi connectivity index (χ2v) is 6.77. The van der Waals surface area contributed by atoms with E-state index in [2.05, 4.69) is 54.5 Å². The molecule has 3 aromatic carbocycles. The number of aromatic nitrogens is 1. The summed E-state index contributed by atoms with van der Waals surface area (Å²) in [4.78, 5) is 16.3. The summed E-state index contributed by atoms with van der Waals surface area (Å²) >= 11 is 0. The van der Waals surface area contributed by atoms with Crippen molar-refractivity contribution in [2.75, 3.05) is 0 Å². The van der Waals surface area contributed by atoms with Crippen molar-refractivity contribution in [3.8, 4) is 11.1 Å². The van der Waals surface area contributed by atoms with Crippen LogP contribution in [0.5, 0.6) is 0 Å². The highest BCUT2D eigenvalue weighted by Gasteiger charge is 2.29. The lowest BCUT2D eigenvalue weighted by Crippen LogP contribution is -2.13. The highest BCUT2D eigenvalue weighted by Crippen LogP contribution is 2.42. The number of benzene rings is 3. The van der Waals surface area contributed by atoms with Gasteiger partial charge in [-0.1, -0.05) is 42.5 Å². The Kier molecular flexibility index (Phi) is 2.84. The van der Waals surface area contributed by atoms with Gasteiger partial charge in [-0.15, -0.1) is 0 Å². The third-order valence-electron chi connectivity index (χ3n) is 5.38. The van der Waals surface area contributed by atoms with E-state index in [-0.39, 0.29) is 5.91 Å². The predicted molar refractivity (Wildman–Crippen MR) is 102 cm³/mol. The highest BCUT2D eigenvalue weighted by molar-refractivity contribution is 6.18. The summed E-state index contributed by atoms with van der Waals surface area (Å²) in [5, 5.41) is 5.40. The molecule has 0 bridgehead atoms. The Hall–Kier alpha value is -3.07. The van der Waals surface area contributed by atoms with E-state index >= 15 is 0 Å². The van der Waals surface area contributed by atoms with E-state index in [9.17, 15) is 4.79 Å². The molecule has 3 heteroatoms. The van der Waals surface area contributed by atoms with Crippen molar-refractivity contribution in [1.82, 2.24) is 10.3 Å². The van der Waals surface area contributed by atoms with Crippen LogP contribution in [0.25, 0.3) is 32.9 Å². The van der Waals surface area contributed by atoms with E-state index in [1.807, 2.05) is 18.2 Å². The quantitative estimate of drug-likeness (QED) is 0.516. The molecule has 5 rings (SSSR count). The molecule has 2 N–H and O–H groups in total.